The Morgan fingerprint density at radius 3 is 2.61 bits per heavy atom. The Hall–Kier alpha value is -0.970. The van der Waals surface area contributed by atoms with Crippen molar-refractivity contribution >= 4 is 11.6 Å². The average molecular weight is 274 g/mol. The lowest BCUT2D eigenvalue weighted by Crippen LogP contribution is -2.18. The predicted octanol–water partition coefficient (Wildman–Crippen LogP) is 2.22. The summed E-state index contributed by atoms with van der Waals surface area (Å²) in [6.45, 7) is 3.20. The van der Waals surface area contributed by atoms with Crippen LogP contribution < -0.4 is 14.8 Å². The minimum absolute atomic E-state index is 0.286. The van der Waals surface area contributed by atoms with Crippen molar-refractivity contribution in [2.75, 3.05) is 20.8 Å². The fourth-order valence-electron chi connectivity index (χ4n) is 1.62. The molecule has 0 aliphatic heterocycles. The molecule has 0 fully saturated rings. The SMILES string of the molecule is COc1cc(CNCCC(C)O)cc(Cl)c1OC. The second kappa shape index (κ2) is 7.46. The molecule has 0 heterocycles. The zero-order valence-electron chi connectivity index (χ0n) is 11.0. The average Bonchev–Trinajstić information content (AvgIpc) is 2.33. The van der Waals surface area contributed by atoms with Crippen molar-refractivity contribution in [1.82, 2.24) is 5.32 Å². The molecular formula is C13H20ClNO3. The van der Waals surface area contributed by atoms with Gasteiger partial charge in [-0.2, -0.15) is 0 Å². The lowest BCUT2D eigenvalue weighted by molar-refractivity contribution is 0.183. The molecule has 0 aromatic heterocycles. The second-order valence-electron chi connectivity index (χ2n) is 4.13. The maximum absolute atomic E-state index is 9.15. The summed E-state index contributed by atoms with van der Waals surface area (Å²) in [5.41, 5.74) is 1.02. The molecule has 5 heteroatoms. The highest BCUT2D eigenvalue weighted by Gasteiger charge is 2.10. The molecular weight excluding hydrogens is 254 g/mol. The van der Waals surface area contributed by atoms with Crippen LogP contribution in [-0.2, 0) is 6.54 Å². The van der Waals surface area contributed by atoms with Gasteiger partial charge in [0.05, 0.1) is 25.3 Å². The number of methoxy groups -OCH3 is 2. The first kappa shape index (κ1) is 15.1. The molecule has 1 unspecified atom stereocenters. The van der Waals surface area contributed by atoms with Crippen LogP contribution in [0.25, 0.3) is 0 Å². The number of aliphatic hydroxyl groups excluding tert-OH is 1. The molecule has 0 aliphatic rings. The second-order valence-corrected chi connectivity index (χ2v) is 4.53. The molecule has 0 aliphatic carbocycles. The Morgan fingerprint density at radius 2 is 2.06 bits per heavy atom. The standard InChI is InChI=1S/C13H20ClNO3/c1-9(16)4-5-15-8-10-6-11(14)13(18-3)12(7-10)17-2/h6-7,9,15-16H,4-5,8H2,1-3H3. The van der Waals surface area contributed by atoms with Gasteiger partial charge in [0.15, 0.2) is 11.5 Å². The van der Waals surface area contributed by atoms with E-state index in [4.69, 9.17) is 26.2 Å². The molecule has 2 N–H and O–H groups in total. The summed E-state index contributed by atoms with van der Waals surface area (Å²) in [7, 11) is 3.14. The molecule has 0 saturated heterocycles. The molecule has 0 radical (unpaired) electrons. The fraction of sp³-hybridized carbons (Fsp3) is 0.538. The van der Waals surface area contributed by atoms with Gasteiger partial charge in [-0.25, -0.2) is 0 Å². The fourth-order valence-corrected chi connectivity index (χ4v) is 1.93. The first-order chi connectivity index (χ1) is 8.58. The number of hydrogen-bond acceptors (Lipinski definition) is 4. The normalized spacial score (nSPS) is 12.3. The summed E-state index contributed by atoms with van der Waals surface area (Å²) < 4.78 is 10.4. The van der Waals surface area contributed by atoms with E-state index in [0.29, 0.717) is 23.1 Å². The smallest absolute Gasteiger partial charge is 0.179 e. The molecule has 1 rings (SSSR count). The van der Waals surface area contributed by atoms with Crippen LogP contribution in [0.3, 0.4) is 0 Å². The zero-order chi connectivity index (χ0) is 13.5. The van der Waals surface area contributed by atoms with Crippen molar-refractivity contribution < 1.29 is 14.6 Å². The van der Waals surface area contributed by atoms with Crippen LogP contribution in [0.4, 0.5) is 0 Å². The van der Waals surface area contributed by atoms with E-state index in [1.165, 1.54) is 0 Å². The van der Waals surface area contributed by atoms with Crippen LogP contribution in [0.15, 0.2) is 12.1 Å². The third kappa shape index (κ3) is 4.37. The number of hydrogen-bond donors (Lipinski definition) is 2. The summed E-state index contributed by atoms with van der Waals surface area (Å²) in [6, 6.07) is 3.73. The van der Waals surface area contributed by atoms with Gasteiger partial charge in [-0.05, 0) is 37.6 Å². The van der Waals surface area contributed by atoms with Gasteiger partial charge in [0.2, 0.25) is 0 Å². The van der Waals surface area contributed by atoms with Crippen molar-refractivity contribution in [1.29, 1.82) is 0 Å². The first-order valence-corrected chi connectivity index (χ1v) is 6.25. The Bertz CT molecular complexity index is 383. The number of aliphatic hydroxyl groups is 1. The van der Waals surface area contributed by atoms with E-state index in [1.54, 1.807) is 21.1 Å². The van der Waals surface area contributed by atoms with Gasteiger partial charge in [0, 0.05) is 6.54 Å². The van der Waals surface area contributed by atoms with Crippen LogP contribution in [0, 0.1) is 0 Å². The number of ether oxygens (including phenoxy) is 2. The largest absolute Gasteiger partial charge is 0.493 e. The van der Waals surface area contributed by atoms with Crippen LogP contribution in [0.5, 0.6) is 11.5 Å². The third-order valence-corrected chi connectivity index (χ3v) is 2.84. The molecule has 1 aromatic rings. The highest BCUT2D eigenvalue weighted by Crippen LogP contribution is 2.35. The van der Waals surface area contributed by atoms with Crippen molar-refractivity contribution in [3.05, 3.63) is 22.7 Å². The van der Waals surface area contributed by atoms with E-state index in [-0.39, 0.29) is 6.10 Å². The quantitative estimate of drug-likeness (QED) is 0.748. The van der Waals surface area contributed by atoms with Crippen molar-refractivity contribution in [3.8, 4) is 11.5 Å². The Kier molecular flexibility index (Phi) is 6.25. The van der Waals surface area contributed by atoms with Crippen molar-refractivity contribution in [2.45, 2.75) is 26.0 Å². The van der Waals surface area contributed by atoms with Crippen LogP contribution in [-0.4, -0.2) is 32.0 Å². The Labute approximate surface area is 113 Å². The summed E-state index contributed by atoms with van der Waals surface area (Å²) in [5.74, 6) is 1.17. The summed E-state index contributed by atoms with van der Waals surface area (Å²) in [5, 5.41) is 12.9. The van der Waals surface area contributed by atoms with E-state index < -0.39 is 0 Å². The van der Waals surface area contributed by atoms with E-state index >= 15 is 0 Å². The molecule has 18 heavy (non-hydrogen) atoms. The third-order valence-electron chi connectivity index (χ3n) is 2.56. The maximum Gasteiger partial charge on any atom is 0.179 e. The van der Waals surface area contributed by atoms with Gasteiger partial charge >= 0.3 is 0 Å². The molecule has 0 spiro atoms. The van der Waals surface area contributed by atoms with Gasteiger partial charge in [-0.1, -0.05) is 11.6 Å². The minimum Gasteiger partial charge on any atom is -0.493 e. The number of rotatable bonds is 7. The Balaban J connectivity index is 2.64. The van der Waals surface area contributed by atoms with Gasteiger partial charge in [-0.15, -0.1) is 0 Å². The molecule has 0 saturated carbocycles. The molecule has 1 atom stereocenters. The van der Waals surface area contributed by atoms with Gasteiger partial charge in [0.1, 0.15) is 0 Å². The van der Waals surface area contributed by atoms with Gasteiger partial charge in [-0.3, -0.25) is 0 Å². The molecule has 102 valence electrons. The summed E-state index contributed by atoms with van der Waals surface area (Å²) in [4.78, 5) is 0. The van der Waals surface area contributed by atoms with Gasteiger partial charge in [0.25, 0.3) is 0 Å². The van der Waals surface area contributed by atoms with Gasteiger partial charge < -0.3 is 19.9 Å². The van der Waals surface area contributed by atoms with E-state index in [9.17, 15) is 0 Å². The molecule has 0 amide bonds. The maximum atomic E-state index is 9.15. The van der Waals surface area contributed by atoms with Crippen LogP contribution in [0.1, 0.15) is 18.9 Å². The van der Waals surface area contributed by atoms with Crippen LogP contribution >= 0.6 is 11.6 Å². The monoisotopic (exact) mass is 273 g/mol. The van der Waals surface area contributed by atoms with E-state index in [1.807, 2.05) is 12.1 Å². The molecule has 0 bridgehead atoms. The predicted molar refractivity (Wildman–Crippen MR) is 72.6 cm³/mol. The number of benzene rings is 1. The first-order valence-electron chi connectivity index (χ1n) is 5.87. The lowest BCUT2D eigenvalue weighted by atomic mass is 10.2. The highest BCUT2D eigenvalue weighted by atomic mass is 35.5. The van der Waals surface area contributed by atoms with E-state index in [0.717, 1.165) is 18.5 Å². The molecule has 1 aromatic carbocycles. The minimum atomic E-state index is -0.286. The van der Waals surface area contributed by atoms with Crippen LogP contribution in [0.2, 0.25) is 5.02 Å². The summed E-state index contributed by atoms with van der Waals surface area (Å²) in [6.07, 6.45) is 0.438. The zero-order valence-corrected chi connectivity index (χ0v) is 11.8. The highest BCUT2D eigenvalue weighted by molar-refractivity contribution is 6.32. The summed E-state index contributed by atoms with van der Waals surface area (Å²) >= 11 is 6.10. The number of halogens is 1. The van der Waals surface area contributed by atoms with Crippen molar-refractivity contribution in [2.24, 2.45) is 0 Å². The van der Waals surface area contributed by atoms with Crippen molar-refractivity contribution in [3.63, 3.8) is 0 Å². The topological polar surface area (TPSA) is 50.7 Å². The van der Waals surface area contributed by atoms with E-state index in [2.05, 4.69) is 5.32 Å². The Morgan fingerprint density at radius 1 is 1.33 bits per heavy atom. The number of nitrogens with one attached hydrogen (secondary N) is 1. The lowest BCUT2D eigenvalue weighted by Gasteiger charge is -2.12. The molecule has 4 nitrogen and oxygen atoms in total.